The normalized spacial score (nSPS) is 14.1. The quantitative estimate of drug-likeness (QED) is 0.361. The Bertz CT molecular complexity index is 589. The lowest BCUT2D eigenvalue weighted by atomic mass is 10.1. The van der Waals surface area contributed by atoms with E-state index in [1.54, 1.807) is 6.07 Å². The number of carbonyl (C=O) groups is 1. The van der Waals surface area contributed by atoms with Gasteiger partial charge in [0, 0.05) is 18.0 Å². The molecule has 0 fully saturated rings. The van der Waals surface area contributed by atoms with E-state index in [9.17, 15) is 9.90 Å². The Labute approximate surface area is 125 Å². The van der Waals surface area contributed by atoms with Crippen molar-refractivity contribution in [2.45, 2.75) is 6.04 Å². The first kappa shape index (κ1) is 15.2. The van der Waals surface area contributed by atoms with E-state index in [0.29, 0.717) is 35.3 Å². The van der Waals surface area contributed by atoms with Gasteiger partial charge in [0.1, 0.15) is 19.3 Å². The van der Waals surface area contributed by atoms with E-state index in [1.807, 2.05) is 0 Å². The second-order valence-electron chi connectivity index (χ2n) is 4.21. The van der Waals surface area contributed by atoms with Crippen LogP contribution < -0.4 is 14.8 Å². The van der Waals surface area contributed by atoms with Crippen molar-refractivity contribution in [2.24, 2.45) is 5.11 Å². The van der Waals surface area contributed by atoms with Gasteiger partial charge < -0.3 is 19.9 Å². The molecule has 21 heavy (non-hydrogen) atoms. The van der Waals surface area contributed by atoms with E-state index >= 15 is 0 Å². The number of azide groups is 1. The van der Waals surface area contributed by atoms with E-state index < -0.39 is 12.0 Å². The SMILES string of the molecule is [N-]=[N+]=NCCNC(C(=O)O)c1cc(Cl)c2c(c1)OCCO2. The van der Waals surface area contributed by atoms with Gasteiger partial charge in [-0.05, 0) is 23.2 Å². The van der Waals surface area contributed by atoms with Crippen LogP contribution in [-0.2, 0) is 4.79 Å². The van der Waals surface area contributed by atoms with Crippen LogP contribution in [0.3, 0.4) is 0 Å². The Balaban J connectivity index is 2.21. The van der Waals surface area contributed by atoms with Crippen molar-refractivity contribution in [3.05, 3.63) is 33.2 Å². The standard InChI is InChI=1S/C12H13ClN4O4/c13-8-5-7(6-9-11(8)21-4-3-20-9)10(12(18)19)15-1-2-16-17-14/h5-6,10,15H,1-4H2,(H,18,19). The van der Waals surface area contributed by atoms with Crippen molar-refractivity contribution in [2.75, 3.05) is 26.3 Å². The summed E-state index contributed by atoms with van der Waals surface area (Å²) in [5.74, 6) is -0.222. The number of ether oxygens (including phenoxy) is 2. The fraction of sp³-hybridized carbons (Fsp3) is 0.417. The molecule has 0 bridgehead atoms. The van der Waals surface area contributed by atoms with E-state index in [-0.39, 0.29) is 13.1 Å². The van der Waals surface area contributed by atoms with Gasteiger partial charge in [0.15, 0.2) is 11.5 Å². The Morgan fingerprint density at radius 2 is 2.29 bits per heavy atom. The van der Waals surface area contributed by atoms with Crippen LogP contribution in [0.4, 0.5) is 0 Å². The third-order valence-corrected chi connectivity index (χ3v) is 3.10. The zero-order valence-electron chi connectivity index (χ0n) is 11.0. The molecule has 0 aliphatic carbocycles. The number of fused-ring (bicyclic) bond motifs is 1. The summed E-state index contributed by atoms with van der Waals surface area (Å²) in [5.41, 5.74) is 8.64. The smallest absolute Gasteiger partial charge is 0.325 e. The zero-order valence-corrected chi connectivity index (χ0v) is 11.7. The molecule has 0 aromatic heterocycles. The summed E-state index contributed by atoms with van der Waals surface area (Å²) in [4.78, 5) is 14.0. The summed E-state index contributed by atoms with van der Waals surface area (Å²) in [7, 11) is 0. The third kappa shape index (κ3) is 3.69. The van der Waals surface area contributed by atoms with Gasteiger partial charge in [-0.1, -0.05) is 16.7 Å². The second-order valence-corrected chi connectivity index (χ2v) is 4.61. The minimum Gasteiger partial charge on any atom is -0.486 e. The maximum atomic E-state index is 11.4. The van der Waals surface area contributed by atoms with E-state index in [4.69, 9.17) is 26.6 Å². The van der Waals surface area contributed by atoms with Crippen molar-refractivity contribution in [1.29, 1.82) is 0 Å². The van der Waals surface area contributed by atoms with Crippen LogP contribution in [0.2, 0.25) is 5.02 Å². The predicted molar refractivity (Wildman–Crippen MR) is 74.8 cm³/mol. The number of nitrogens with one attached hydrogen (secondary N) is 1. The zero-order chi connectivity index (χ0) is 15.2. The number of benzene rings is 1. The number of hydrogen-bond acceptors (Lipinski definition) is 5. The lowest BCUT2D eigenvalue weighted by molar-refractivity contribution is -0.139. The number of aliphatic carboxylic acids is 1. The molecule has 9 heteroatoms. The van der Waals surface area contributed by atoms with Crippen LogP contribution in [0.25, 0.3) is 10.4 Å². The first-order valence-electron chi connectivity index (χ1n) is 6.19. The summed E-state index contributed by atoms with van der Waals surface area (Å²) in [6.45, 7) is 1.17. The molecule has 0 saturated carbocycles. The van der Waals surface area contributed by atoms with Crippen molar-refractivity contribution in [1.82, 2.24) is 5.32 Å². The molecule has 0 radical (unpaired) electrons. The fourth-order valence-corrected chi connectivity index (χ4v) is 2.22. The minimum atomic E-state index is -1.07. The highest BCUT2D eigenvalue weighted by Gasteiger charge is 2.24. The van der Waals surface area contributed by atoms with Crippen LogP contribution in [0, 0.1) is 0 Å². The lowest BCUT2D eigenvalue weighted by Crippen LogP contribution is -2.30. The van der Waals surface area contributed by atoms with Gasteiger partial charge in [0.05, 0.1) is 5.02 Å². The molecule has 0 saturated heterocycles. The number of carboxylic acids is 1. The molecule has 0 amide bonds. The molecule has 1 atom stereocenters. The highest BCUT2D eigenvalue weighted by Crippen LogP contribution is 2.39. The molecule has 112 valence electrons. The second kappa shape index (κ2) is 7.03. The number of rotatable bonds is 6. The number of halogens is 1. The molecule has 1 aromatic carbocycles. The minimum absolute atomic E-state index is 0.151. The molecule has 1 aromatic rings. The highest BCUT2D eigenvalue weighted by molar-refractivity contribution is 6.32. The van der Waals surface area contributed by atoms with Crippen LogP contribution in [0.15, 0.2) is 17.2 Å². The Morgan fingerprint density at radius 1 is 1.52 bits per heavy atom. The number of nitrogens with zero attached hydrogens (tertiary/aromatic N) is 3. The van der Waals surface area contributed by atoms with Crippen LogP contribution in [0.5, 0.6) is 11.5 Å². The predicted octanol–water partition coefficient (Wildman–Crippen LogP) is 2.14. The molecular formula is C12H13ClN4O4. The summed E-state index contributed by atoms with van der Waals surface area (Å²) >= 11 is 6.09. The van der Waals surface area contributed by atoms with Gasteiger partial charge in [-0.15, -0.1) is 0 Å². The molecule has 1 heterocycles. The first-order chi connectivity index (χ1) is 10.1. The first-order valence-corrected chi connectivity index (χ1v) is 6.57. The molecule has 1 unspecified atom stereocenters. The van der Waals surface area contributed by atoms with Gasteiger partial charge in [-0.2, -0.15) is 0 Å². The lowest BCUT2D eigenvalue weighted by Gasteiger charge is -2.22. The molecule has 2 N–H and O–H groups in total. The molecule has 0 spiro atoms. The maximum absolute atomic E-state index is 11.4. The molecule has 1 aliphatic heterocycles. The molecular weight excluding hydrogens is 300 g/mol. The third-order valence-electron chi connectivity index (χ3n) is 2.82. The Hall–Kier alpha value is -2.15. The average Bonchev–Trinajstić information content (AvgIpc) is 2.47. The summed E-state index contributed by atoms with van der Waals surface area (Å²) in [6, 6.07) is 2.13. The number of hydrogen-bond donors (Lipinski definition) is 2. The van der Waals surface area contributed by atoms with Gasteiger partial charge in [-0.25, -0.2) is 0 Å². The van der Waals surface area contributed by atoms with Crippen molar-refractivity contribution < 1.29 is 19.4 Å². The summed E-state index contributed by atoms with van der Waals surface area (Å²) < 4.78 is 10.8. The largest absolute Gasteiger partial charge is 0.486 e. The highest BCUT2D eigenvalue weighted by atomic mass is 35.5. The fourth-order valence-electron chi connectivity index (χ4n) is 1.95. The number of carboxylic acid groups (broad SMARTS) is 1. The summed E-state index contributed by atoms with van der Waals surface area (Å²) in [6.07, 6.45) is 0. The maximum Gasteiger partial charge on any atom is 0.325 e. The van der Waals surface area contributed by atoms with Crippen molar-refractivity contribution >= 4 is 17.6 Å². The monoisotopic (exact) mass is 312 g/mol. The molecule has 1 aliphatic rings. The van der Waals surface area contributed by atoms with E-state index in [1.165, 1.54) is 6.07 Å². The van der Waals surface area contributed by atoms with Gasteiger partial charge >= 0.3 is 5.97 Å². The average molecular weight is 313 g/mol. The van der Waals surface area contributed by atoms with E-state index in [0.717, 1.165) is 0 Å². The van der Waals surface area contributed by atoms with Crippen LogP contribution in [-0.4, -0.2) is 37.4 Å². The topological polar surface area (TPSA) is 117 Å². The molecule has 8 nitrogen and oxygen atoms in total. The summed E-state index contributed by atoms with van der Waals surface area (Å²) in [5, 5.41) is 15.7. The van der Waals surface area contributed by atoms with Crippen LogP contribution >= 0.6 is 11.6 Å². The molecule has 2 rings (SSSR count). The van der Waals surface area contributed by atoms with Crippen molar-refractivity contribution in [3.8, 4) is 11.5 Å². The van der Waals surface area contributed by atoms with Crippen LogP contribution in [0.1, 0.15) is 11.6 Å². The van der Waals surface area contributed by atoms with E-state index in [2.05, 4.69) is 15.3 Å². The Kier molecular flexibility index (Phi) is 5.10. The van der Waals surface area contributed by atoms with Gasteiger partial charge in [0.2, 0.25) is 0 Å². The van der Waals surface area contributed by atoms with Gasteiger partial charge in [-0.3, -0.25) is 4.79 Å². The van der Waals surface area contributed by atoms with Crippen molar-refractivity contribution in [3.63, 3.8) is 0 Å². The Morgan fingerprint density at radius 3 is 3.00 bits per heavy atom. The van der Waals surface area contributed by atoms with Gasteiger partial charge in [0.25, 0.3) is 0 Å².